The molecule has 0 radical (unpaired) electrons. The maximum atomic E-state index is 12.9. The highest BCUT2D eigenvalue weighted by molar-refractivity contribution is 7.17. The highest BCUT2D eigenvalue weighted by Gasteiger charge is 2.39. The molecule has 3 amide bonds. The van der Waals surface area contributed by atoms with Crippen LogP contribution in [0.2, 0.25) is 5.28 Å². The molecular formula is C24H23ClN6O3S. The lowest BCUT2D eigenvalue weighted by Crippen LogP contribution is -2.52. The third-order valence-electron chi connectivity index (χ3n) is 6.92. The second kappa shape index (κ2) is 8.85. The van der Waals surface area contributed by atoms with Crippen molar-refractivity contribution in [2.45, 2.75) is 32.0 Å². The second-order valence-corrected chi connectivity index (χ2v) is 10.4. The van der Waals surface area contributed by atoms with E-state index in [0.29, 0.717) is 18.5 Å². The van der Waals surface area contributed by atoms with Crippen molar-refractivity contribution in [2.24, 2.45) is 0 Å². The zero-order valence-electron chi connectivity index (χ0n) is 18.9. The van der Waals surface area contributed by atoms with Gasteiger partial charge in [-0.15, -0.1) is 11.3 Å². The van der Waals surface area contributed by atoms with Crippen molar-refractivity contribution in [3.05, 3.63) is 51.6 Å². The molecule has 180 valence electrons. The molecule has 1 atom stereocenters. The second-order valence-electron chi connectivity index (χ2n) is 9.11. The molecule has 0 spiro atoms. The fourth-order valence-corrected chi connectivity index (χ4v) is 6.16. The van der Waals surface area contributed by atoms with Crippen molar-refractivity contribution in [2.75, 3.05) is 31.1 Å². The number of carbonyl (C=O) groups excluding carboxylic acids is 3. The van der Waals surface area contributed by atoms with Crippen LogP contribution < -0.4 is 10.2 Å². The van der Waals surface area contributed by atoms with Crippen LogP contribution in [0.25, 0.3) is 10.2 Å². The summed E-state index contributed by atoms with van der Waals surface area (Å²) >= 11 is 7.78. The monoisotopic (exact) mass is 510 g/mol. The predicted molar refractivity (Wildman–Crippen MR) is 132 cm³/mol. The van der Waals surface area contributed by atoms with Crippen LogP contribution in [0, 0.1) is 0 Å². The van der Waals surface area contributed by atoms with Crippen LogP contribution in [-0.4, -0.2) is 69.7 Å². The number of imide groups is 1. The Hall–Kier alpha value is -3.08. The van der Waals surface area contributed by atoms with Gasteiger partial charge in [0.2, 0.25) is 17.1 Å². The van der Waals surface area contributed by atoms with E-state index < -0.39 is 6.04 Å². The van der Waals surface area contributed by atoms with E-state index in [4.69, 9.17) is 11.6 Å². The molecule has 5 heterocycles. The minimum absolute atomic E-state index is 0.141. The van der Waals surface area contributed by atoms with Crippen LogP contribution in [0.15, 0.2) is 29.6 Å². The van der Waals surface area contributed by atoms with Crippen LogP contribution in [0.1, 0.15) is 34.3 Å². The Morgan fingerprint density at radius 1 is 1.09 bits per heavy atom. The Morgan fingerprint density at radius 3 is 2.71 bits per heavy atom. The molecule has 0 bridgehead atoms. The van der Waals surface area contributed by atoms with E-state index in [-0.39, 0.29) is 29.4 Å². The summed E-state index contributed by atoms with van der Waals surface area (Å²) < 4.78 is 1.06. The number of benzene rings is 1. The van der Waals surface area contributed by atoms with Gasteiger partial charge in [-0.25, -0.2) is 4.98 Å². The van der Waals surface area contributed by atoms with Gasteiger partial charge in [-0.05, 0) is 46.7 Å². The minimum Gasteiger partial charge on any atom is -0.353 e. The van der Waals surface area contributed by atoms with Gasteiger partial charge >= 0.3 is 0 Å². The molecule has 3 aromatic rings. The molecule has 0 aliphatic carbocycles. The third kappa shape index (κ3) is 4.15. The van der Waals surface area contributed by atoms with E-state index in [0.717, 1.165) is 59.9 Å². The molecule has 1 unspecified atom stereocenters. The van der Waals surface area contributed by atoms with Crippen molar-refractivity contribution in [1.82, 2.24) is 25.1 Å². The van der Waals surface area contributed by atoms with Gasteiger partial charge in [-0.1, -0.05) is 12.1 Å². The van der Waals surface area contributed by atoms with Gasteiger partial charge in [0, 0.05) is 51.3 Å². The zero-order valence-corrected chi connectivity index (χ0v) is 20.4. The first kappa shape index (κ1) is 22.4. The highest BCUT2D eigenvalue weighted by Crippen LogP contribution is 2.31. The molecular weight excluding hydrogens is 488 g/mol. The summed E-state index contributed by atoms with van der Waals surface area (Å²) in [4.78, 5) is 51.7. The lowest BCUT2D eigenvalue weighted by molar-refractivity contribution is -0.136. The van der Waals surface area contributed by atoms with Crippen LogP contribution in [0.4, 0.5) is 5.82 Å². The third-order valence-corrected chi connectivity index (χ3v) is 7.99. The summed E-state index contributed by atoms with van der Waals surface area (Å²) in [7, 11) is 0. The van der Waals surface area contributed by atoms with Crippen LogP contribution in [0.3, 0.4) is 0 Å². The van der Waals surface area contributed by atoms with Gasteiger partial charge in [-0.3, -0.25) is 24.6 Å². The number of piperazine rings is 1. The van der Waals surface area contributed by atoms with Gasteiger partial charge in [0.15, 0.2) is 5.82 Å². The number of amides is 3. The van der Waals surface area contributed by atoms with Crippen LogP contribution in [-0.2, 0) is 22.7 Å². The largest absolute Gasteiger partial charge is 0.353 e. The molecule has 6 rings (SSSR count). The number of aromatic nitrogens is 2. The minimum atomic E-state index is -0.589. The van der Waals surface area contributed by atoms with Crippen molar-refractivity contribution in [3.8, 4) is 0 Å². The number of nitrogens with one attached hydrogen (secondary N) is 1. The maximum absolute atomic E-state index is 12.9. The summed E-state index contributed by atoms with van der Waals surface area (Å²) in [6.07, 6.45) is 0.629. The quantitative estimate of drug-likeness (QED) is 0.425. The first-order chi connectivity index (χ1) is 17.0. The maximum Gasteiger partial charge on any atom is 0.255 e. The van der Waals surface area contributed by atoms with Crippen molar-refractivity contribution in [3.63, 3.8) is 0 Å². The number of fused-ring (bicyclic) bond motifs is 2. The standard InChI is InChI=1S/C24H23ClN6O3S/c25-24-26-17-5-10-35-20(17)21(28-24)30-8-6-29(7-9-30)12-14-1-2-16-15(11-14)13-31(23(16)34)18-3-4-19(32)27-22(18)33/h1-2,5,10-11,18H,3-4,6-9,12-13H2,(H,27,32,33). The van der Waals surface area contributed by atoms with Gasteiger partial charge in [0.25, 0.3) is 5.91 Å². The van der Waals surface area contributed by atoms with Gasteiger partial charge < -0.3 is 9.80 Å². The molecule has 2 fully saturated rings. The normalized spacial score (nSPS) is 21.1. The van der Waals surface area contributed by atoms with Gasteiger partial charge in [0.05, 0.1) is 10.2 Å². The number of hydrogen-bond donors (Lipinski definition) is 1. The van der Waals surface area contributed by atoms with E-state index in [1.807, 2.05) is 23.6 Å². The van der Waals surface area contributed by atoms with Gasteiger partial charge in [0.1, 0.15) is 6.04 Å². The Balaban J connectivity index is 1.11. The molecule has 11 heteroatoms. The summed E-state index contributed by atoms with van der Waals surface area (Å²) in [5, 5.41) is 4.63. The Kier molecular flexibility index (Phi) is 5.66. The van der Waals surface area contributed by atoms with Gasteiger partial charge in [-0.2, -0.15) is 4.98 Å². The first-order valence-electron chi connectivity index (χ1n) is 11.6. The molecule has 1 aromatic carbocycles. The predicted octanol–water partition coefficient (Wildman–Crippen LogP) is 2.43. The number of piperidine rings is 1. The molecule has 3 aliphatic heterocycles. The number of carbonyl (C=O) groups is 3. The molecule has 2 saturated heterocycles. The average molecular weight is 511 g/mol. The number of nitrogens with zero attached hydrogens (tertiary/aromatic N) is 5. The lowest BCUT2D eigenvalue weighted by Gasteiger charge is -2.35. The zero-order chi connectivity index (χ0) is 24.1. The molecule has 3 aliphatic rings. The average Bonchev–Trinajstić information content (AvgIpc) is 3.43. The fourth-order valence-electron chi connectivity index (χ4n) is 5.14. The summed E-state index contributed by atoms with van der Waals surface area (Å²) in [6, 6.07) is 7.31. The Bertz CT molecular complexity index is 1350. The van der Waals surface area contributed by atoms with E-state index >= 15 is 0 Å². The SMILES string of the molecule is O=C1CCC(N2Cc3cc(CN4CCN(c5nc(Cl)nc6ccsc56)CC4)ccc3C2=O)C(=O)N1. The van der Waals surface area contributed by atoms with E-state index in [1.165, 1.54) is 0 Å². The molecule has 1 N–H and O–H groups in total. The number of anilines is 1. The first-order valence-corrected chi connectivity index (χ1v) is 12.9. The topological polar surface area (TPSA) is 98.7 Å². The van der Waals surface area contributed by atoms with Crippen LogP contribution in [0.5, 0.6) is 0 Å². The Labute approximate surface area is 210 Å². The fraction of sp³-hybridized carbons (Fsp3) is 0.375. The number of thiophene rings is 1. The van der Waals surface area contributed by atoms with Crippen molar-refractivity contribution in [1.29, 1.82) is 0 Å². The summed E-state index contributed by atoms with van der Waals surface area (Å²) in [5.74, 6) is 0.100. The lowest BCUT2D eigenvalue weighted by atomic mass is 10.0. The summed E-state index contributed by atoms with van der Waals surface area (Å²) in [5.41, 5.74) is 3.60. The number of hydrogen-bond acceptors (Lipinski definition) is 8. The summed E-state index contributed by atoms with van der Waals surface area (Å²) in [6.45, 7) is 4.62. The van der Waals surface area contributed by atoms with E-state index in [9.17, 15) is 14.4 Å². The van der Waals surface area contributed by atoms with Crippen LogP contribution >= 0.6 is 22.9 Å². The molecule has 9 nitrogen and oxygen atoms in total. The molecule has 2 aromatic heterocycles. The number of halogens is 1. The Morgan fingerprint density at radius 2 is 1.91 bits per heavy atom. The van der Waals surface area contributed by atoms with Crippen molar-refractivity contribution < 1.29 is 14.4 Å². The smallest absolute Gasteiger partial charge is 0.255 e. The molecule has 35 heavy (non-hydrogen) atoms. The highest BCUT2D eigenvalue weighted by atomic mass is 35.5. The van der Waals surface area contributed by atoms with E-state index in [1.54, 1.807) is 16.2 Å². The van der Waals surface area contributed by atoms with Crippen molar-refractivity contribution >= 4 is 56.7 Å². The molecule has 0 saturated carbocycles. The van der Waals surface area contributed by atoms with E-state index in [2.05, 4.69) is 31.2 Å². The number of rotatable bonds is 4.